The normalized spacial score (nSPS) is 15.1. The van der Waals surface area contributed by atoms with Crippen molar-refractivity contribution in [1.82, 2.24) is 20.5 Å². The largest absolute Gasteiger partial charge is 0.494 e. The summed E-state index contributed by atoms with van der Waals surface area (Å²) in [7, 11) is 4.21. The summed E-state index contributed by atoms with van der Waals surface area (Å²) in [6.45, 7) is 7.11. The Hall–Kier alpha value is -2.72. The fraction of sp³-hybridized carbons (Fsp3) is 0.375. The maximum Gasteiger partial charge on any atom is 0.251 e. The SMILES string of the molecule is COc1cc(C(=O)NC[C@](O)(c2cc(C(C)(C)O)c(I)c(-c3ccc(P)cc3)n2)C(C)C)cc2cc(C3CC3)nnc12. The van der Waals surface area contributed by atoms with Gasteiger partial charge < -0.3 is 20.3 Å². The van der Waals surface area contributed by atoms with E-state index in [0.29, 0.717) is 39.7 Å². The number of halogens is 1. The predicted octanol–water partition coefficient (Wildman–Crippen LogP) is 5.18. The highest BCUT2D eigenvalue weighted by Crippen LogP contribution is 2.40. The molecule has 1 amide bonds. The molecule has 1 unspecified atom stereocenters. The summed E-state index contributed by atoms with van der Waals surface area (Å²) in [6.07, 6.45) is 2.19. The number of carbonyl (C=O) groups is 1. The molecule has 2 atom stereocenters. The van der Waals surface area contributed by atoms with Crippen LogP contribution in [0, 0.1) is 9.49 Å². The highest BCUT2D eigenvalue weighted by atomic mass is 127. The Bertz CT molecular complexity index is 1650. The lowest BCUT2D eigenvalue weighted by Crippen LogP contribution is -2.45. The topological polar surface area (TPSA) is 117 Å². The van der Waals surface area contributed by atoms with Gasteiger partial charge >= 0.3 is 0 Å². The Labute approximate surface area is 262 Å². The van der Waals surface area contributed by atoms with Gasteiger partial charge in [0.2, 0.25) is 0 Å². The van der Waals surface area contributed by atoms with Crippen molar-refractivity contribution in [3.63, 3.8) is 0 Å². The van der Waals surface area contributed by atoms with Crippen molar-refractivity contribution in [2.75, 3.05) is 13.7 Å². The average Bonchev–Trinajstić information content (AvgIpc) is 3.80. The molecule has 3 N–H and O–H groups in total. The van der Waals surface area contributed by atoms with Crippen molar-refractivity contribution in [3.8, 4) is 17.0 Å². The van der Waals surface area contributed by atoms with Crippen molar-refractivity contribution in [2.24, 2.45) is 5.92 Å². The van der Waals surface area contributed by atoms with Crippen LogP contribution in [0.4, 0.5) is 0 Å². The highest BCUT2D eigenvalue weighted by Gasteiger charge is 2.38. The van der Waals surface area contributed by atoms with E-state index in [1.54, 1.807) is 32.0 Å². The Morgan fingerprint density at radius 2 is 1.81 bits per heavy atom. The number of rotatable bonds is 9. The summed E-state index contributed by atoms with van der Waals surface area (Å²) in [5.41, 5.74) is 1.75. The second kappa shape index (κ2) is 11.8. The van der Waals surface area contributed by atoms with Crippen molar-refractivity contribution < 1.29 is 19.7 Å². The van der Waals surface area contributed by atoms with Crippen molar-refractivity contribution in [2.45, 2.75) is 57.7 Å². The van der Waals surface area contributed by atoms with E-state index in [1.807, 2.05) is 44.2 Å². The molecule has 42 heavy (non-hydrogen) atoms. The third-order valence-corrected chi connectivity index (χ3v) is 9.35. The van der Waals surface area contributed by atoms with Crippen molar-refractivity contribution >= 4 is 53.9 Å². The monoisotopic (exact) mass is 698 g/mol. The lowest BCUT2D eigenvalue weighted by atomic mass is 9.84. The van der Waals surface area contributed by atoms with E-state index < -0.39 is 11.2 Å². The number of methoxy groups -OCH3 is 1. The molecular weight excluding hydrogens is 662 g/mol. The predicted molar refractivity (Wildman–Crippen MR) is 176 cm³/mol. The molecule has 0 aliphatic heterocycles. The molecule has 8 nitrogen and oxygen atoms in total. The number of aliphatic hydroxyl groups is 2. The van der Waals surface area contributed by atoms with Gasteiger partial charge in [0, 0.05) is 31.6 Å². The minimum absolute atomic E-state index is 0.0887. The molecule has 4 aromatic rings. The highest BCUT2D eigenvalue weighted by molar-refractivity contribution is 14.1. The number of amides is 1. The van der Waals surface area contributed by atoms with Crippen LogP contribution in [0.2, 0.25) is 0 Å². The lowest BCUT2D eigenvalue weighted by molar-refractivity contribution is -0.0127. The van der Waals surface area contributed by atoms with Crippen LogP contribution in [-0.4, -0.2) is 45.0 Å². The Balaban J connectivity index is 1.51. The van der Waals surface area contributed by atoms with Gasteiger partial charge in [-0.3, -0.25) is 4.79 Å². The summed E-state index contributed by atoms with van der Waals surface area (Å²) in [5.74, 6) is 0.209. The van der Waals surface area contributed by atoms with Gasteiger partial charge in [-0.1, -0.05) is 38.1 Å². The van der Waals surface area contributed by atoms with Crippen LogP contribution < -0.4 is 15.4 Å². The smallest absolute Gasteiger partial charge is 0.251 e. The number of nitrogens with one attached hydrogen (secondary N) is 1. The molecule has 0 bridgehead atoms. The molecule has 0 saturated heterocycles. The summed E-state index contributed by atoms with van der Waals surface area (Å²) in [6, 6.07) is 15.0. The molecule has 1 fully saturated rings. The minimum Gasteiger partial charge on any atom is -0.494 e. The molecule has 10 heteroatoms. The molecule has 2 heterocycles. The van der Waals surface area contributed by atoms with Gasteiger partial charge in [-0.15, -0.1) is 14.3 Å². The zero-order valence-electron chi connectivity index (χ0n) is 24.4. The van der Waals surface area contributed by atoms with Gasteiger partial charge in [-0.05, 0) is 84.8 Å². The van der Waals surface area contributed by atoms with E-state index in [1.165, 1.54) is 7.11 Å². The van der Waals surface area contributed by atoms with Crippen molar-refractivity contribution in [1.29, 1.82) is 0 Å². The molecule has 1 aliphatic rings. The minimum atomic E-state index is -1.53. The number of hydrogen-bond donors (Lipinski definition) is 3. The molecular formula is C32H36IN4O4P. The van der Waals surface area contributed by atoms with E-state index in [9.17, 15) is 15.0 Å². The number of nitrogens with zero attached hydrogens (tertiary/aromatic N) is 3. The maximum atomic E-state index is 13.5. The number of fused-ring (bicyclic) bond motifs is 1. The first-order valence-corrected chi connectivity index (χ1v) is 15.6. The molecule has 0 radical (unpaired) electrons. The van der Waals surface area contributed by atoms with Gasteiger partial charge in [0.15, 0.2) is 0 Å². The molecule has 2 aromatic heterocycles. The quantitative estimate of drug-likeness (QED) is 0.163. The van der Waals surface area contributed by atoms with Crippen LogP contribution in [0.3, 0.4) is 0 Å². The van der Waals surface area contributed by atoms with E-state index in [0.717, 1.165) is 38.4 Å². The van der Waals surface area contributed by atoms with Crippen LogP contribution in [0.15, 0.2) is 48.5 Å². The molecule has 1 saturated carbocycles. The van der Waals surface area contributed by atoms with Gasteiger partial charge in [-0.25, -0.2) is 4.98 Å². The molecule has 1 aliphatic carbocycles. The van der Waals surface area contributed by atoms with Crippen LogP contribution in [-0.2, 0) is 11.2 Å². The molecule has 0 spiro atoms. The van der Waals surface area contributed by atoms with Crippen molar-refractivity contribution in [3.05, 3.63) is 74.6 Å². The maximum absolute atomic E-state index is 13.5. The summed E-state index contributed by atoms with van der Waals surface area (Å²) >= 11 is 2.20. The van der Waals surface area contributed by atoms with E-state index in [2.05, 4.69) is 47.3 Å². The third kappa shape index (κ3) is 6.16. The summed E-state index contributed by atoms with van der Waals surface area (Å²) < 4.78 is 6.34. The lowest BCUT2D eigenvalue weighted by Gasteiger charge is -2.34. The zero-order chi connectivity index (χ0) is 30.4. The third-order valence-electron chi connectivity index (χ3n) is 7.87. The number of carbonyl (C=O) groups excluding carboxylic acids is 1. The second-order valence-electron chi connectivity index (χ2n) is 11.8. The van der Waals surface area contributed by atoms with Crippen LogP contribution >= 0.6 is 31.8 Å². The molecule has 5 rings (SSSR count). The van der Waals surface area contributed by atoms with Gasteiger partial charge in [0.25, 0.3) is 5.91 Å². The number of benzene rings is 2. The fourth-order valence-electron chi connectivity index (χ4n) is 4.94. The van der Waals surface area contributed by atoms with Gasteiger partial charge in [-0.2, -0.15) is 5.10 Å². The summed E-state index contributed by atoms with van der Waals surface area (Å²) in [5, 5.41) is 36.6. The number of pyridine rings is 1. The number of aromatic nitrogens is 3. The zero-order valence-corrected chi connectivity index (χ0v) is 27.7. The number of hydrogen-bond acceptors (Lipinski definition) is 7. The standard InChI is InChI=1S/C32H36IN4O4P/c1-17(2)32(40,26-15-23(31(3,4)39)27(33)29(35-26)19-8-10-22(42)11-9-19)16-34-30(38)21-12-20-13-24(18-6-7-18)36-37-28(20)25(14-21)41-5/h8-15,17-18,39-40H,6-7,16,42H2,1-5H3,(H,34,38)/t32-/m1/s1. The van der Waals surface area contributed by atoms with E-state index in [-0.39, 0.29) is 18.4 Å². The first kappa shape index (κ1) is 30.7. The summed E-state index contributed by atoms with van der Waals surface area (Å²) in [4.78, 5) is 18.4. The Kier molecular flexibility index (Phi) is 8.60. The van der Waals surface area contributed by atoms with Gasteiger partial charge in [0.05, 0.1) is 36.3 Å². The average molecular weight is 699 g/mol. The van der Waals surface area contributed by atoms with Crippen LogP contribution in [0.25, 0.3) is 22.2 Å². The van der Waals surface area contributed by atoms with E-state index >= 15 is 0 Å². The van der Waals surface area contributed by atoms with Gasteiger partial charge in [0.1, 0.15) is 16.9 Å². The Morgan fingerprint density at radius 1 is 1.12 bits per heavy atom. The second-order valence-corrected chi connectivity index (χ2v) is 13.6. The van der Waals surface area contributed by atoms with Crippen LogP contribution in [0.5, 0.6) is 5.75 Å². The fourth-order valence-corrected chi connectivity index (χ4v) is 6.38. The Morgan fingerprint density at radius 3 is 2.40 bits per heavy atom. The molecule has 220 valence electrons. The first-order valence-electron chi connectivity index (χ1n) is 14.0. The molecule has 2 aromatic carbocycles. The number of ether oxygens (including phenoxy) is 1. The first-order chi connectivity index (χ1) is 19.8. The van der Waals surface area contributed by atoms with Crippen LogP contribution in [0.1, 0.15) is 73.8 Å². The van der Waals surface area contributed by atoms with E-state index in [4.69, 9.17) is 9.72 Å².